The number of rotatable bonds is 10. The van der Waals surface area contributed by atoms with Crippen molar-refractivity contribution in [1.29, 1.82) is 0 Å². The van der Waals surface area contributed by atoms with Crippen LogP contribution in [-0.2, 0) is 4.79 Å². The van der Waals surface area contributed by atoms with Crippen molar-refractivity contribution in [2.75, 3.05) is 0 Å². The predicted octanol–water partition coefficient (Wildman–Crippen LogP) is 4.89. The first-order valence-electron chi connectivity index (χ1n) is 7.22. The molecule has 0 fully saturated rings. The van der Waals surface area contributed by atoms with Crippen LogP contribution in [0.3, 0.4) is 0 Å². The van der Waals surface area contributed by atoms with Crippen LogP contribution >= 0.6 is 0 Å². The van der Waals surface area contributed by atoms with Gasteiger partial charge in [0.15, 0.2) is 0 Å². The Morgan fingerprint density at radius 3 is 1.94 bits per heavy atom. The minimum Gasteiger partial charge on any atom is -0.300 e. The first kappa shape index (κ1) is 16.2. The van der Waals surface area contributed by atoms with Crippen molar-refractivity contribution in [2.24, 2.45) is 0 Å². The molecule has 0 aromatic carbocycles. The quantitative estimate of drug-likeness (QED) is 0.390. The van der Waals surface area contributed by atoms with Crippen molar-refractivity contribution in [2.45, 2.75) is 84.5 Å². The molecule has 0 bridgehead atoms. The molecule has 0 aliphatic heterocycles. The molecule has 0 heterocycles. The van der Waals surface area contributed by atoms with Crippen LogP contribution in [-0.4, -0.2) is 5.78 Å². The van der Waals surface area contributed by atoms with E-state index in [-0.39, 0.29) is 5.78 Å². The molecule has 0 atom stereocenters. The molecule has 1 heteroatoms. The molecule has 0 aliphatic rings. The van der Waals surface area contributed by atoms with Crippen molar-refractivity contribution in [1.82, 2.24) is 0 Å². The van der Waals surface area contributed by atoms with Crippen LogP contribution in [0, 0.1) is 11.8 Å². The van der Waals surface area contributed by atoms with Gasteiger partial charge in [0.25, 0.3) is 0 Å². The van der Waals surface area contributed by atoms with Crippen LogP contribution in [0.4, 0.5) is 0 Å². The van der Waals surface area contributed by atoms with Gasteiger partial charge < -0.3 is 0 Å². The lowest BCUT2D eigenvalue weighted by Crippen LogP contribution is -1.86. The zero-order valence-electron chi connectivity index (χ0n) is 11.7. The minimum atomic E-state index is 0.242. The molecule has 0 aliphatic carbocycles. The third-order valence-corrected chi connectivity index (χ3v) is 2.88. The first-order chi connectivity index (χ1) is 8.27. The van der Waals surface area contributed by atoms with Gasteiger partial charge in [-0.15, -0.1) is 11.8 Å². The molecule has 0 saturated heterocycles. The van der Waals surface area contributed by atoms with Gasteiger partial charge in [-0.2, -0.15) is 0 Å². The maximum atomic E-state index is 10.7. The van der Waals surface area contributed by atoms with E-state index in [4.69, 9.17) is 0 Å². The fourth-order valence-corrected chi connectivity index (χ4v) is 1.76. The molecule has 1 nitrogen and oxygen atoms in total. The van der Waals surface area contributed by atoms with E-state index in [1.165, 1.54) is 51.4 Å². The van der Waals surface area contributed by atoms with Crippen molar-refractivity contribution in [3.8, 4) is 11.8 Å². The topological polar surface area (TPSA) is 17.1 Å². The van der Waals surface area contributed by atoms with Crippen LogP contribution in [0.5, 0.6) is 0 Å². The SMILES string of the molecule is CCCCCCCCCCC#CCCC(C)=O. The molecule has 98 valence electrons. The number of unbranched alkanes of at least 4 members (excludes halogenated alkanes) is 8. The van der Waals surface area contributed by atoms with E-state index in [1.807, 2.05) is 0 Å². The monoisotopic (exact) mass is 236 g/mol. The number of Topliss-reactive ketones (excluding diaryl/α,β-unsaturated/α-hetero) is 1. The van der Waals surface area contributed by atoms with Gasteiger partial charge in [-0.25, -0.2) is 0 Å². The van der Waals surface area contributed by atoms with Crippen LogP contribution in [0.1, 0.15) is 84.5 Å². The Labute approximate surface area is 107 Å². The van der Waals surface area contributed by atoms with E-state index in [2.05, 4.69) is 18.8 Å². The molecule has 0 aromatic heterocycles. The van der Waals surface area contributed by atoms with E-state index in [0.717, 1.165) is 12.8 Å². The number of hydrogen-bond acceptors (Lipinski definition) is 1. The second-order valence-corrected chi connectivity index (χ2v) is 4.78. The van der Waals surface area contributed by atoms with Crippen LogP contribution in [0.2, 0.25) is 0 Å². The molecule has 0 N–H and O–H groups in total. The second kappa shape index (κ2) is 13.3. The summed E-state index contributed by atoms with van der Waals surface area (Å²) in [6.45, 7) is 3.88. The Morgan fingerprint density at radius 1 is 0.824 bits per heavy atom. The van der Waals surface area contributed by atoms with Crippen molar-refractivity contribution >= 4 is 5.78 Å². The maximum Gasteiger partial charge on any atom is 0.130 e. The van der Waals surface area contributed by atoms with Gasteiger partial charge in [-0.05, 0) is 13.3 Å². The summed E-state index contributed by atoms with van der Waals surface area (Å²) < 4.78 is 0. The lowest BCUT2D eigenvalue weighted by molar-refractivity contribution is -0.116. The molecule has 0 rings (SSSR count). The average molecular weight is 236 g/mol. The van der Waals surface area contributed by atoms with E-state index in [0.29, 0.717) is 6.42 Å². The molecule has 17 heavy (non-hydrogen) atoms. The Kier molecular flexibility index (Phi) is 12.7. The molecule has 0 spiro atoms. The van der Waals surface area contributed by atoms with E-state index in [1.54, 1.807) is 6.92 Å². The Balaban J connectivity index is 3.09. The average Bonchev–Trinajstić information content (AvgIpc) is 2.30. The highest BCUT2D eigenvalue weighted by Gasteiger charge is 1.90. The van der Waals surface area contributed by atoms with Crippen molar-refractivity contribution in [3.63, 3.8) is 0 Å². The number of carbonyl (C=O) groups excluding carboxylic acids is 1. The standard InChI is InChI=1S/C16H28O/c1-3-4-5-6-7-8-9-10-11-12-13-14-15-16(2)17/h3-11,14-15H2,1-2H3. The molecular formula is C16H28O. The molecule has 0 radical (unpaired) electrons. The molecule has 0 amide bonds. The highest BCUT2D eigenvalue weighted by molar-refractivity contribution is 5.75. The normalized spacial score (nSPS) is 9.76. The third kappa shape index (κ3) is 15.2. The number of hydrogen-bond donors (Lipinski definition) is 0. The van der Waals surface area contributed by atoms with Gasteiger partial charge in [0.05, 0.1) is 0 Å². The van der Waals surface area contributed by atoms with Gasteiger partial charge in [-0.3, -0.25) is 4.79 Å². The number of carbonyl (C=O) groups is 1. The summed E-state index contributed by atoms with van der Waals surface area (Å²) in [5.41, 5.74) is 0. The van der Waals surface area contributed by atoms with Gasteiger partial charge in [0.1, 0.15) is 5.78 Å². The molecule has 0 aromatic rings. The second-order valence-electron chi connectivity index (χ2n) is 4.78. The summed E-state index contributed by atoms with van der Waals surface area (Å²) in [6, 6.07) is 0. The molecule has 0 saturated carbocycles. The molecular weight excluding hydrogens is 208 g/mol. The number of ketones is 1. The van der Waals surface area contributed by atoms with E-state index in [9.17, 15) is 4.79 Å². The van der Waals surface area contributed by atoms with Crippen LogP contribution < -0.4 is 0 Å². The Bertz CT molecular complexity index is 232. The third-order valence-electron chi connectivity index (χ3n) is 2.88. The Morgan fingerprint density at radius 2 is 1.35 bits per heavy atom. The zero-order chi connectivity index (χ0) is 12.8. The van der Waals surface area contributed by atoms with E-state index < -0.39 is 0 Å². The zero-order valence-corrected chi connectivity index (χ0v) is 11.7. The van der Waals surface area contributed by atoms with E-state index >= 15 is 0 Å². The minimum absolute atomic E-state index is 0.242. The maximum absolute atomic E-state index is 10.7. The van der Waals surface area contributed by atoms with Gasteiger partial charge in [0.2, 0.25) is 0 Å². The summed E-state index contributed by atoms with van der Waals surface area (Å²) in [5, 5.41) is 0. The predicted molar refractivity (Wildman–Crippen MR) is 74.9 cm³/mol. The highest BCUT2D eigenvalue weighted by Crippen LogP contribution is 2.09. The lowest BCUT2D eigenvalue weighted by Gasteiger charge is -1.99. The highest BCUT2D eigenvalue weighted by atomic mass is 16.1. The lowest BCUT2D eigenvalue weighted by atomic mass is 10.1. The largest absolute Gasteiger partial charge is 0.300 e. The summed E-state index contributed by atoms with van der Waals surface area (Å²) in [5.74, 6) is 6.46. The fraction of sp³-hybridized carbons (Fsp3) is 0.812. The molecule has 0 unspecified atom stereocenters. The van der Waals surface area contributed by atoms with Crippen LogP contribution in [0.25, 0.3) is 0 Å². The first-order valence-corrected chi connectivity index (χ1v) is 7.22. The smallest absolute Gasteiger partial charge is 0.130 e. The van der Waals surface area contributed by atoms with Crippen molar-refractivity contribution < 1.29 is 4.79 Å². The summed E-state index contributed by atoms with van der Waals surface area (Å²) >= 11 is 0. The van der Waals surface area contributed by atoms with Gasteiger partial charge in [0, 0.05) is 19.3 Å². The van der Waals surface area contributed by atoms with Gasteiger partial charge in [-0.1, -0.05) is 51.9 Å². The summed E-state index contributed by atoms with van der Waals surface area (Å²) in [4.78, 5) is 10.7. The van der Waals surface area contributed by atoms with Crippen LogP contribution in [0.15, 0.2) is 0 Å². The Hall–Kier alpha value is -0.770. The fourth-order valence-electron chi connectivity index (χ4n) is 1.76. The van der Waals surface area contributed by atoms with Gasteiger partial charge >= 0.3 is 0 Å². The summed E-state index contributed by atoms with van der Waals surface area (Å²) in [6.07, 6.45) is 13.2. The summed E-state index contributed by atoms with van der Waals surface area (Å²) in [7, 11) is 0. The van der Waals surface area contributed by atoms with Crippen molar-refractivity contribution in [3.05, 3.63) is 0 Å².